The summed E-state index contributed by atoms with van der Waals surface area (Å²) in [5, 5.41) is 8.79. The first kappa shape index (κ1) is 15.9. The summed E-state index contributed by atoms with van der Waals surface area (Å²) in [6.07, 6.45) is 4.42. The number of halogens is 1. The van der Waals surface area contributed by atoms with E-state index in [-0.39, 0.29) is 11.5 Å². The number of nitrogens with one attached hydrogen (secondary N) is 1. The van der Waals surface area contributed by atoms with E-state index in [2.05, 4.69) is 25.6 Å². The van der Waals surface area contributed by atoms with E-state index in [4.69, 9.17) is 5.11 Å². The summed E-state index contributed by atoms with van der Waals surface area (Å²) >= 11 is 3.25. The van der Waals surface area contributed by atoms with Crippen molar-refractivity contribution < 1.29 is 13.5 Å². The number of hydrogen-bond donors (Lipinski definition) is 2. The fraction of sp³-hybridized carbons (Fsp3) is 0.214. The highest BCUT2D eigenvalue weighted by atomic mass is 79.9. The van der Waals surface area contributed by atoms with Crippen molar-refractivity contribution in [2.24, 2.45) is 0 Å². The third-order valence-electron chi connectivity index (χ3n) is 2.87. The van der Waals surface area contributed by atoms with Gasteiger partial charge in [0.15, 0.2) is 0 Å². The summed E-state index contributed by atoms with van der Waals surface area (Å²) in [5.74, 6) is 0. The molecule has 0 bridgehead atoms. The second-order valence-electron chi connectivity index (χ2n) is 4.43. The Bertz CT molecular complexity index is 702. The molecule has 7 heteroatoms. The summed E-state index contributed by atoms with van der Waals surface area (Å²) in [7, 11) is -3.63. The molecular weight excluding hydrogens is 356 g/mol. The normalized spacial score (nSPS) is 11.3. The second kappa shape index (κ2) is 7.02. The maximum Gasteiger partial charge on any atom is 0.261 e. The molecule has 0 amide bonds. The lowest BCUT2D eigenvalue weighted by molar-refractivity contribution is 0.288. The van der Waals surface area contributed by atoms with Crippen LogP contribution in [0.5, 0.6) is 0 Å². The molecule has 112 valence electrons. The van der Waals surface area contributed by atoms with Gasteiger partial charge in [0, 0.05) is 19.0 Å². The van der Waals surface area contributed by atoms with Crippen LogP contribution in [0.1, 0.15) is 12.0 Å². The van der Waals surface area contributed by atoms with Crippen molar-refractivity contribution in [1.29, 1.82) is 0 Å². The van der Waals surface area contributed by atoms with Gasteiger partial charge in [-0.05, 0) is 52.5 Å². The molecule has 0 unspecified atom stereocenters. The Labute approximate surface area is 132 Å². The van der Waals surface area contributed by atoms with Crippen LogP contribution in [-0.4, -0.2) is 25.1 Å². The Morgan fingerprint density at radius 1 is 1.19 bits per heavy atom. The quantitative estimate of drug-likeness (QED) is 0.818. The molecule has 2 N–H and O–H groups in total. The van der Waals surface area contributed by atoms with Gasteiger partial charge in [-0.25, -0.2) is 8.42 Å². The lowest BCUT2D eigenvalue weighted by atomic mass is 10.1. The van der Waals surface area contributed by atoms with E-state index in [1.54, 1.807) is 30.3 Å². The molecule has 0 radical (unpaired) electrons. The zero-order valence-electron chi connectivity index (χ0n) is 11.2. The highest BCUT2D eigenvalue weighted by Gasteiger charge is 2.15. The second-order valence-corrected chi connectivity index (χ2v) is 6.97. The van der Waals surface area contributed by atoms with Gasteiger partial charge in [0.2, 0.25) is 0 Å². The van der Waals surface area contributed by atoms with Crippen molar-refractivity contribution >= 4 is 31.6 Å². The Morgan fingerprint density at radius 3 is 2.52 bits per heavy atom. The SMILES string of the molecule is O=S(=O)(Nc1ccncc1Br)c1ccc(CCCO)cc1. The van der Waals surface area contributed by atoms with Crippen molar-refractivity contribution in [2.75, 3.05) is 11.3 Å². The van der Waals surface area contributed by atoms with Gasteiger partial charge in [0.25, 0.3) is 10.0 Å². The molecule has 1 aromatic carbocycles. The van der Waals surface area contributed by atoms with E-state index in [0.717, 1.165) is 12.0 Å². The van der Waals surface area contributed by atoms with Gasteiger partial charge in [0.05, 0.1) is 15.1 Å². The zero-order valence-corrected chi connectivity index (χ0v) is 13.6. The maximum atomic E-state index is 12.3. The van der Waals surface area contributed by atoms with Gasteiger partial charge in [-0.1, -0.05) is 12.1 Å². The number of sulfonamides is 1. The lowest BCUT2D eigenvalue weighted by Gasteiger charge is -2.10. The topological polar surface area (TPSA) is 79.3 Å². The van der Waals surface area contributed by atoms with Crippen LogP contribution in [-0.2, 0) is 16.4 Å². The predicted molar refractivity (Wildman–Crippen MR) is 84.6 cm³/mol. The first-order valence-electron chi connectivity index (χ1n) is 6.35. The van der Waals surface area contributed by atoms with Crippen LogP contribution in [0.25, 0.3) is 0 Å². The van der Waals surface area contributed by atoms with Gasteiger partial charge in [-0.15, -0.1) is 0 Å². The van der Waals surface area contributed by atoms with Crippen LogP contribution in [0.2, 0.25) is 0 Å². The summed E-state index contributed by atoms with van der Waals surface area (Å²) in [5.41, 5.74) is 1.43. The number of nitrogens with zero attached hydrogens (tertiary/aromatic N) is 1. The van der Waals surface area contributed by atoms with E-state index in [1.807, 2.05) is 0 Å². The molecule has 1 heterocycles. The maximum absolute atomic E-state index is 12.3. The smallest absolute Gasteiger partial charge is 0.261 e. The molecule has 1 aromatic heterocycles. The molecule has 0 aliphatic rings. The van der Waals surface area contributed by atoms with Crippen LogP contribution >= 0.6 is 15.9 Å². The number of aliphatic hydroxyl groups excluding tert-OH is 1. The Morgan fingerprint density at radius 2 is 1.90 bits per heavy atom. The largest absolute Gasteiger partial charge is 0.396 e. The van der Waals surface area contributed by atoms with Crippen molar-refractivity contribution in [3.05, 3.63) is 52.8 Å². The molecular formula is C14H15BrN2O3S. The van der Waals surface area contributed by atoms with Crippen molar-refractivity contribution in [2.45, 2.75) is 17.7 Å². The zero-order chi connectivity index (χ0) is 15.3. The number of aryl methyl sites for hydroxylation is 1. The number of aliphatic hydroxyl groups is 1. The molecule has 0 spiro atoms. The molecule has 0 aliphatic carbocycles. The molecule has 0 fully saturated rings. The fourth-order valence-corrected chi connectivity index (χ4v) is 3.34. The minimum absolute atomic E-state index is 0.123. The van der Waals surface area contributed by atoms with Gasteiger partial charge in [-0.2, -0.15) is 0 Å². The molecule has 0 saturated carbocycles. The first-order chi connectivity index (χ1) is 10.0. The van der Waals surface area contributed by atoms with Gasteiger partial charge < -0.3 is 5.11 Å². The Kier molecular flexibility index (Phi) is 5.33. The Balaban J connectivity index is 2.18. The van der Waals surface area contributed by atoms with Crippen LogP contribution in [0.15, 0.2) is 52.1 Å². The van der Waals surface area contributed by atoms with Gasteiger partial charge in [0.1, 0.15) is 0 Å². The summed E-state index contributed by atoms with van der Waals surface area (Å²) in [6.45, 7) is 0.123. The van der Waals surface area contributed by atoms with E-state index < -0.39 is 10.0 Å². The first-order valence-corrected chi connectivity index (χ1v) is 8.62. The highest BCUT2D eigenvalue weighted by Crippen LogP contribution is 2.23. The standard InChI is InChI=1S/C14H15BrN2O3S/c15-13-10-16-8-7-14(13)17-21(19,20)12-5-3-11(4-6-12)2-1-9-18/h3-8,10,18H,1-2,9H2,(H,16,17). The van der Waals surface area contributed by atoms with Crippen LogP contribution < -0.4 is 4.72 Å². The number of rotatable bonds is 6. The highest BCUT2D eigenvalue weighted by molar-refractivity contribution is 9.10. The Hall–Kier alpha value is -1.44. The van der Waals surface area contributed by atoms with E-state index >= 15 is 0 Å². The number of pyridine rings is 1. The van der Waals surface area contributed by atoms with Crippen LogP contribution in [0, 0.1) is 0 Å². The number of hydrogen-bond acceptors (Lipinski definition) is 4. The molecule has 21 heavy (non-hydrogen) atoms. The van der Waals surface area contributed by atoms with Gasteiger partial charge in [-0.3, -0.25) is 9.71 Å². The van der Waals surface area contributed by atoms with Crippen molar-refractivity contribution in [3.63, 3.8) is 0 Å². The van der Waals surface area contributed by atoms with Crippen molar-refractivity contribution in [1.82, 2.24) is 4.98 Å². The van der Waals surface area contributed by atoms with Crippen LogP contribution in [0.3, 0.4) is 0 Å². The van der Waals surface area contributed by atoms with Crippen molar-refractivity contribution in [3.8, 4) is 0 Å². The molecule has 2 aromatic rings. The number of anilines is 1. The third-order valence-corrected chi connectivity index (χ3v) is 4.89. The minimum Gasteiger partial charge on any atom is -0.396 e. The molecule has 5 nitrogen and oxygen atoms in total. The summed E-state index contributed by atoms with van der Waals surface area (Å²) < 4.78 is 27.7. The number of aromatic nitrogens is 1. The minimum atomic E-state index is -3.63. The third kappa shape index (κ3) is 4.26. The van der Waals surface area contributed by atoms with E-state index in [0.29, 0.717) is 16.6 Å². The summed E-state index contributed by atoms with van der Waals surface area (Å²) in [6, 6.07) is 8.21. The summed E-state index contributed by atoms with van der Waals surface area (Å²) in [4.78, 5) is 4.08. The molecule has 0 atom stereocenters. The average molecular weight is 371 g/mol. The lowest BCUT2D eigenvalue weighted by Crippen LogP contribution is -2.13. The van der Waals surface area contributed by atoms with Gasteiger partial charge >= 0.3 is 0 Å². The van der Waals surface area contributed by atoms with E-state index in [1.165, 1.54) is 12.4 Å². The fourth-order valence-electron chi connectivity index (χ4n) is 1.78. The predicted octanol–water partition coefficient (Wildman–Crippen LogP) is 2.57. The molecule has 0 saturated heterocycles. The number of benzene rings is 1. The monoisotopic (exact) mass is 370 g/mol. The van der Waals surface area contributed by atoms with Crippen LogP contribution in [0.4, 0.5) is 5.69 Å². The average Bonchev–Trinajstić information content (AvgIpc) is 2.48. The molecule has 0 aliphatic heterocycles. The molecule has 2 rings (SSSR count). The van der Waals surface area contributed by atoms with E-state index in [9.17, 15) is 8.42 Å².